The summed E-state index contributed by atoms with van der Waals surface area (Å²) in [7, 11) is 0. The van der Waals surface area contributed by atoms with Gasteiger partial charge in [0.2, 0.25) is 0 Å². The average Bonchev–Trinajstić information content (AvgIpc) is 2.48. The third-order valence-corrected chi connectivity index (χ3v) is 4.69. The van der Waals surface area contributed by atoms with Gasteiger partial charge in [-0.05, 0) is 43.0 Å². The first-order chi connectivity index (χ1) is 9.56. The van der Waals surface area contributed by atoms with E-state index >= 15 is 0 Å². The van der Waals surface area contributed by atoms with E-state index in [9.17, 15) is 0 Å². The van der Waals surface area contributed by atoms with Gasteiger partial charge >= 0.3 is 0 Å². The molecule has 1 fully saturated rings. The average molecular weight is 275 g/mol. The number of benzene rings is 1. The van der Waals surface area contributed by atoms with Gasteiger partial charge in [0, 0.05) is 38.4 Å². The fourth-order valence-electron chi connectivity index (χ4n) is 2.85. The molecule has 1 saturated heterocycles. The van der Waals surface area contributed by atoms with Gasteiger partial charge < -0.3 is 10.6 Å². The zero-order valence-corrected chi connectivity index (χ0v) is 13.2. The van der Waals surface area contributed by atoms with Gasteiger partial charge in [-0.1, -0.05) is 26.0 Å². The SMILES string of the molecule is CCC(C)(CN)CN1CCN(c2cccc(C)c2)CC1. The predicted molar refractivity (Wildman–Crippen MR) is 87.3 cm³/mol. The van der Waals surface area contributed by atoms with Crippen molar-refractivity contribution in [2.24, 2.45) is 11.1 Å². The van der Waals surface area contributed by atoms with Crippen LogP contribution in [0, 0.1) is 12.3 Å². The van der Waals surface area contributed by atoms with Crippen LogP contribution in [0.25, 0.3) is 0 Å². The highest BCUT2D eigenvalue weighted by molar-refractivity contribution is 5.48. The first kappa shape index (κ1) is 15.3. The number of aryl methyl sites for hydroxylation is 1. The summed E-state index contributed by atoms with van der Waals surface area (Å²) in [6, 6.07) is 8.82. The highest BCUT2D eigenvalue weighted by Gasteiger charge is 2.26. The second-order valence-electron chi connectivity index (χ2n) is 6.47. The van der Waals surface area contributed by atoms with Crippen LogP contribution in [0.3, 0.4) is 0 Å². The minimum Gasteiger partial charge on any atom is -0.369 e. The molecule has 0 saturated carbocycles. The molecule has 1 aliphatic rings. The summed E-state index contributed by atoms with van der Waals surface area (Å²) in [5, 5.41) is 0. The first-order valence-corrected chi connectivity index (χ1v) is 7.80. The minimum absolute atomic E-state index is 0.269. The van der Waals surface area contributed by atoms with Crippen LogP contribution in [0.1, 0.15) is 25.8 Å². The molecule has 2 rings (SSSR count). The van der Waals surface area contributed by atoms with Gasteiger partial charge in [0.1, 0.15) is 0 Å². The molecule has 1 unspecified atom stereocenters. The van der Waals surface area contributed by atoms with E-state index in [0.29, 0.717) is 0 Å². The number of hydrogen-bond acceptors (Lipinski definition) is 3. The summed E-state index contributed by atoms with van der Waals surface area (Å²) in [6.45, 7) is 13.1. The van der Waals surface area contributed by atoms with Crippen molar-refractivity contribution in [2.45, 2.75) is 27.2 Å². The topological polar surface area (TPSA) is 32.5 Å². The molecule has 1 aromatic carbocycles. The van der Waals surface area contributed by atoms with Crippen molar-refractivity contribution in [3.8, 4) is 0 Å². The standard InChI is InChI=1S/C17H29N3/c1-4-17(3,13-18)14-19-8-10-20(11-9-19)16-7-5-6-15(2)12-16/h5-7,12H,4,8-11,13-14,18H2,1-3H3. The summed E-state index contributed by atoms with van der Waals surface area (Å²) >= 11 is 0. The third-order valence-electron chi connectivity index (χ3n) is 4.69. The molecular formula is C17H29N3. The molecule has 20 heavy (non-hydrogen) atoms. The molecule has 0 aliphatic carbocycles. The summed E-state index contributed by atoms with van der Waals surface area (Å²) < 4.78 is 0. The monoisotopic (exact) mass is 275 g/mol. The van der Waals surface area contributed by atoms with Crippen molar-refractivity contribution in [2.75, 3.05) is 44.2 Å². The number of hydrogen-bond donors (Lipinski definition) is 1. The summed E-state index contributed by atoms with van der Waals surface area (Å²) in [6.07, 6.45) is 1.15. The number of rotatable bonds is 5. The van der Waals surface area contributed by atoms with Crippen molar-refractivity contribution in [1.29, 1.82) is 0 Å². The highest BCUT2D eigenvalue weighted by atomic mass is 15.3. The normalized spacial score (nSPS) is 19.9. The van der Waals surface area contributed by atoms with Crippen LogP contribution >= 0.6 is 0 Å². The van der Waals surface area contributed by atoms with Crippen LogP contribution in [-0.2, 0) is 0 Å². The Balaban J connectivity index is 1.89. The van der Waals surface area contributed by atoms with Crippen molar-refractivity contribution < 1.29 is 0 Å². The Morgan fingerprint density at radius 2 is 1.90 bits per heavy atom. The lowest BCUT2D eigenvalue weighted by atomic mass is 9.87. The molecule has 2 N–H and O–H groups in total. The Kier molecular flexibility index (Phi) is 5.06. The summed E-state index contributed by atoms with van der Waals surface area (Å²) in [4.78, 5) is 5.07. The molecule has 0 bridgehead atoms. The van der Waals surface area contributed by atoms with Crippen LogP contribution < -0.4 is 10.6 Å². The van der Waals surface area contributed by atoms with Crippen LogP contribution in [0.2, 0.25) is 0 Å². The molecule has 0 aromatic heterocycles. The molecule has 3 nitrogen and oxygen atoms in total. The number of piperazine rings is 1. The van der Waals surface area contributed by atoms with Gasteiger partial charge in [-0.2, -0.15) is 0 Å². The van der Waals surface area contributed by atoms with E-state index in [4.69, 9.17) is 5.73 Å². The number of nitrogens with two attached hydrogens (primary N) is 1. The summed E-state index contributed by atoms with van der Waals surface area (Å²) in [5.74, 6) is 0. The van der Waals surface area contributed by atoms with Crippen LogP contribution in [0.5, 0.6) is 0 Å². The maximum Gasteiger partial charge on any atom is 0.0369 e. The lowest BCUT2D eigenvalue weighted by Gasteiger charge is -2.40. The molecule has 0 amide bonds. The molecule has 0 radical (unpaired) electrons. The Morgan fingerprint density at radius 1 is 1.20 bits per heavy atom. The van der Waals surface area contributed by atoms with E-state index in [0.717, 1.165) is 45.7 Å². The molecular weight excluding hydrogens is 246 g/mol. The zero-order chi connectivity index (χ0) is 14.6. The molecule has 1 heterocycles. The first-order valence-electron chi connectivity index (χ1n) is 7.80. The van der Waals surface area contributed by atoms with Gasteiger partial charge in [0.25, 0.3) is 0 Å². The summed E-state index contributed by atoms with van der Waals surface area (Å²) in [5.41, 5.74) is 8.90. The van der Waals surface area contributed by atoms with Gasteiger partial charge in [0.15, 0.2) is 0 Å². The van der Waals surface area contributed by atoms with Crippen molar-refractivity contribution >= 4 is 5.69 Å². The van der Waals surface area contributed by atoms with E-state index in [1.54, 1.807) is 0 Å². The van der Waals surface area contributed by atoms with Gasteiger partial charge in [-0.3, -0.25) is 4.90 Å². The molecule has 112 valence electrons. The van der Waals surface area contributed by atoms with E-state index in [-0.39, 0.29) is 5.41 Å². The molecule has 1 aromatic rings. The van der Waals surface area contributed by atoms with Crippen molar-refractivity contribution in [3.63, 3.8) is 0 Å². The quantitative estimate of drug-likeness (QED) is 0.896. The van der Waals surface area contributed by atoms with Crippen LogP contribution in [0.15, 0.2) is 24.3 Å². The Bertz CT molecular complexity index is 418. The number of nitrogens with zero attached hydrogens (tertiary/aromatic N) is 2. The second-order valence-corrected chi connectivity index (χ2v) is 6.47. The van der Waals surface area contributed by atoms with Crippen molar-refractivity contribution in [1.82, 2.24) is 4.90 Å². The second kappa shape index (κ2) is 6.59. The van der Waals surface area contributed by atoms with Crippen LogP contribution in [-0.4, -0.2) is 44.2 Å². The van der Waals surface area contributed by atoms with E-state index in [1.807, 2.05) is 0 Å². The molecule has 0 spiro atoms. The van der Waals surface area contributed by atoms with Crippen LogP contribution in [0.4, 0.5) is 5.69 Å². The lowest BCUT2D eigenvalue weighted by molar-refractivity contribution is 0.157. The third kappa shape index (κ3) is 3.74. The molecule has 1 atom stereocenters. The maximum absolute atomic E-state index is 5.93. The smallest absolute Gasteiger partial charge is 0.0369 e. The highest BCUT2D eigenvalue weighted by Crippen LogP contribution is 2.23. The minimum atomic E-state index is 0.269. The van der Waals surface area contributed by atoms with E-state index in [2.05, 4.69) is 54.8 Å². The fourth-order valence-corrected chi connectivity index (χ4v) is 2.85. The van der Waals surface area contributed by atoms with Gasteiger partial charge in [-0.25, -0.2) is 0 Å². The largest absolute Gasteiger partial charge is 0.369 e. The van der Waals surface area contributed by atoms with E-state index < -0.39 is 0 Å². The van der Waals surface area contributed by atoms with Crippen molar-refractivity contribution in [3.05, 3.63) is 29.8 Å². The number of anilines is 1. The fraction of sp³-hybridized carbons (Fsp3) is 0.647. The van der Waals surface area contributed by atoms with Gasteiger partial charge in [-0.15, -0.1) is 0 Å². The van der Waals surface area contributed by atoms with E-state index in [1.165, 1.54) is 11.3 Å². The molecule has 3 heteroatoms. The zero-order valence-electron chi connectivity index (χ0n) is 13.2. The molecule has 1 aliphatic heterocycles. The Hall–Kier alpha value is -1.06. The lowest BCUT2D eigenvalue weighted by Crippen LogP contribution is -2.50. The Morgan fingerprint density at radius 3 is 2.45 bits per heavy atom. The van der Waals surface area contributed by atoms with Gasteiger partial charge in [0.05, 0.1) is 0 Å². The Labute approximate surface area is 123 Å². The maximum atomic E-state index is 5.93. The predicted octanol–water partition coefficient (Wildman–Crippen LogP) is 2.49.